The number of imidazole rings is 1. The lowest BCUT2D eigenvalue weighted by Crippen LogP contribution is -2.11. The molecule has 0 radical (unpaired) electrons. The van der Waals surface area contributed by atoms with Crippen LogP contribution in [-0.4, -0.2) is 39.8 Å². The standard InChI is InChI=1S/C13H16N2O5S2/c1-15-7-6-14-13(15)22(18,19)9-10-4-5-11(20-2)12(8-10)21(3,16)17/h4-8H,9H2,1-3H3. The third-order valence-electron chi connectivity index (χ3n) is 3.04. The number of aromatic nitrogens is 2. The fraction of sp³-hybridized carbons (Fsp3) is 0.308. The highest BCUT2D eigenvalue weighted by molar-refractivity contribution is 7.91. The van der Waals surface area contributed by atoms with E-state index in [9.17, 15) is 16.8 Å². The molecule has 0 atom stereocenters. The summed E-state index contributed by atoms with van der Waals surface area (Å²) < 4.78 is 54.6. The van der Waals surface area contributed by atoms with Crippen LogP contribution in [0, 0.1) is 0 Å². The average Bonchev–Trinajstić information content (AvgIpc) is 2.84. The first-order valence-electron chi connectivity index (χ1n) is 6.22. The van der Waals surface area contributed by atoms with E-state index >= 15 is 0 Å². The Balaban J connectivity index is 2.45. The second-order valence-electron chi connectivity index (χ2n) is 4.84. The van der Waals surface area contributed by atoms with Gasteiger partial charge in [-0.25, -0.2) is 21.8 Å². The Hall–Kier alpha value is -1.87. The zero-order chi connectivity index (χ0) is 16.5. The van der Waals surface area contributed by atoms with E-state index in [1.807, 2.05) is 0 Å². The normalized spacial score (nSPS) is 12.3. The van der Waals surface area contributed by atoms with Gasteiger partial charge in [-0.3, -0.25) is 0 Å². The molecule has 0 bridgehead atoms. The molecule has 1 aromatic carbocycles. The summed E-state index contributed by atoms with van der Waals surface area (Å²) >= 11 is 0. The predicted octanol–water partition coefficient (Wildman–Crippen LogP) is 0.806. The van der Waals surface area contributed by atoms with Crippen LogP contribution in [0.2, 0.25) is 0 Å². The average molecular weight is 344 g/mol. The molecule has 0 fully saturated rings. The number of methoxy groups -OCH3 is 1. The highest BCUT2D eigenvalue weighted by Gasteiger charge is 2.22. The van der Waals surface area contributed by atoms with Crippen molar-refractivity contribution in [1.29, 1.82) is 0 Å². The van der Waals surface area contributed by atoms with Crippen LogP contribution in [-0.2, 0) is 32.5 Å². The summed E-state index contributed by atoms with van der Waals surface area (Å²) in [5, 5.41) is -0.0655. The Morgan fingerprint density at radius 1 is 1.23 bits per heavy atom. The fourth-order valence-corrected chi connectivity index (χ4v) is 4.39. The molecule has 22 heavy (non-hydrogen) atoms. The van der Waals surface area contributed by atoms with Crippen molar-refractivity contribution >= 4 is 19.7 Å². The van der Waals surface area contributed by atoms with Crippen molar-refractivity contribution in [2.24, 2.45) is 7.05 Å². The maximum absolute atomic E-state index is 12.3. The van der Waals surface area contributed by atoms with E-state index < -0.39 is 19.7 Å². The van der Waals surface area contributed by atoms with E-state index in [2.05, 4.69) is 4.98 Å². The minimum atomic E-state index is -3.67. The smallest absolute Gasteiger partial charge is 0.227 e. The molecule has 120 valence electrons. The molecule has 0 unspecified atom stereocenters. The van der Waals surface area contributed by atoms with Gasteiger partial charge in [0, 0.05) is 25.7 Å². The lowest BCUT2D eigenvalue weighted by molar-refractivity contribution is 0.402. The zero-order valence-corrected chi connectivity index (χ0v) is 14.0. The van der Waals surface area contributed by atoms with E-state index in [4.69, 9.17) is 4.74 Å². The van der Waals surface area contributed by atoms with Crippen LogP contribution in [0.25, 0.3) is 0 Å². The molecule has 0 N–H and O–H groups in total. The maximum atomic E-state index is 12.3. The van der Waals surface area contributed by atoms with Gasteiger partial charge in [-0.1, -0.05) is 6.07 Å². The molecule has 0 amide bonds. The van der Waals surface area contributed by atoms with Crippen molar-refractivity contribution in [1.82, 2.24) is 9.55 Å². The third-order valence-corrected chi connectivity index (χ3v) is 5.82. The lowest BCUT2D eigenvalue weighted by Gasteiger charge is -2.10. The minimum absolute atomic E-state index is 0.0393. The number of sulfone groups is 2. The molecule has 0 saturated carbocycles. The Labute approximate surface area is 129 Å². The van der Waals surface area contributed by atoms with Gasteiger partial charge in [-0.05, 0) is 17.7 Å². The Bertz CT molecular complexity index is 898. The van der Waals surface area contributed by atoms with Gasteiger partial charge in [0.15, 0.2) is 9.84 Å². The molecule has 1 heterocycles. The molecule has 9 heteroatoms. The molecule has 7 nitrogen and oxygen atoms in total. The van der Waals surface area contributed by atoms with Gasteiger partial charge in [0.1, 0.15) is 10.6 Å². The summed E-state index contributed by atoms with van der Waals surface area (Å²) in [6.45, 7) is 0. The first-order valence-corrected chi connectivity index (χ1v) is 9.76. The Kier molecular flexibility index (Phi) is 4.30. The van der Waals surface area contributed by atoms with E-state index in [0.29, 0.717) is 5.56 Å². The maximum Gasteiger partial charge on any atom is 0.227 e. The predicted molar refractivity (Wildman–Crippen MR) is 80.2 cm³/mol. The molecular formula is C13H16N2O5S2. The summed E-state index contributed by atoms with van der Waals surface area (Å²) in [4.78, 5) is 3.78. The van der Waals surface area contributed by atoms with E-state index in [1.54, 1.807) is 7.05 Å². The van der Waals surface area contributed by atoms with Crippen molar-refractivity contribution < 1.29 is 21.6 Å². The first-order chi connectivity index (χ1) is 10.1. The summed E-state index contributed by atoms with van der Waals surface area (Å²) in [6.07, 6.45) is 3.97. The number of rotatable bonds is 5. The molecule has 0 aliphatic heterocycles. The van der Waals surface area contributed by atoms with Crippen LogP contribution in [0.4, 0.5) is 0 Å². The van der Waals surface area contributed by atoms with Crippen LogP contribution < -0.4 is 4.74 Å². The quantitative estimate of drug-likeness (QED) is 0.796. The van der Waals surface area contributed by atoms with Crippen molar-refractivity contribution in [3.8, 4) is 5.75 Å². The molecular weight excluding hydrogens is 328 g/mol. The summed E-state index contributed by atoms with van der Waals surface area (Å²) in [7, 11) is -4.26. The van der Waals surface area contributed by atoms with Crippen molar-refractivity contribution in [3.05, 3.63) is 36.2 Å². The zero-order valence-electron chi connectivity index (χ0n) is 12.3. The van der Waals surface area contributed by atoms with Gasteiger partial charge in [0.05, 0.1) is 12.9 Å². The minimum Gasteiger partial charge on any atom is -0.495 e. The summed E-state index contributed by atoms with van der Waals surface area (Å²) in [6, 6.07) is 4.28. The van der Waals surface area contributed by atoms with Crippen LogP contribution in [0.3, 0.4) is 0 Å². The molecule has 0 spiro atoms. The van der Waals surface area contributed by atoms with Crippen LogP contribution in [0.15, 0.2) is 40.6 Å². The number of benzene rings is 1. The van der Waals surface area contributed by atoms with Gasteiger partial charge in [-0.2, -0.15) is 0 Å². The van der Waals surface area contributed by atoms with Crippen molar-refractivity contribution in [2.75, 3.05) is 13.4 Å². The monoisotopic (exact) mass is 344 g/mol. The molecule has 0 saturated heterocycles. The largest absolute Gasteiger partial charge is 0.495 e. The number of nitrogens with zero attached hydrogens (tertiary/aromatic N) is 2. The van der Waals surface area contributed by atoms with Crippen LogP contribution in [0.1, 0.15) is 5.56 Å². The molecule has 0 aliphatic carbocycles. The second-order valence-corrected chi connectivity index (χ2v) is 8.70. The van der Waals surface area contributed by atoms with E-state index in [-0.39, 0.29) is 21.6 Å². The number of hydrogen-bond acceptors (Lipinski definition) is 6. The number of aryl methyl sites for hydroxylation is 1. The van der Waals surface area contributed by atoms with E-state index in [0.717, 1.165) is 6.26 Å². The number of ether oxygens (including phenoxy) is 1. The van der Waals surface area contributed by atoms with Gasteiger partial charge in [0.2, 0.25) is 15.0 Å². The van der Waals surface area contributed by atoms with E-state index in [1.165, 1.54) is 42.3 Å². The topological polar surface area (TPSA) is 95.3 Å². The summed E-state index contributed by atoms with van der Waals surface area (Å²) in [5.74, 6) is -0.162. The third kappa shape index (κ3) is 3.30. The van der Waals surface area contributed by atoms with Gasteiger partial charge in [-0.15, -0.1) is 0 Å². The van der Waals surface area contributed by atoms with Crippen molar-refractivity contribution in [3.63, 3.8) is 0 Å². The van der Waals surface area contributed by atoms with Gasteiger partial charge < -0.3 is 9.30 Å². The fourth-order valence-electron chi connectivity index (χ4n) is 2.04. The summed E-state index contributed by atoms with van der Waals surface area (Å²) in [5.41, 5.74) is 0.351. The second kappa shape index (κ2) is 5.73. The molecule has 2 aromatic rings. The van der Waals surface area contributed by atoms with Crippen LogP contribution in [0.5, 0.6) is 5.75 Å². The SMILES string of the molecule is COc1ccc(CS(=O)(=O)c2nccn2C)cc1S(C)(=O)=O. The first kappa shape index (κ1) is 16.5. The molecule has 2 rings (SSSR count). The Morgan fingerprint density at radius 3 is 2.41 bits per heavy atom. The van der Waals surface area contributed by atoms with Crippen LogP contribution >= 0.6 is 0 Å². The highest BCUT2D eigenvalue weighted by Crippen LogP contribution is 2.26. The van der Waals surface area contributed by atoms with Gasteiger partial charge in [0.25, 0.3) is 0 Å². The number of hydrogen-bond donors (Lipinski definition) is 0. The molecule has 0 aliphatic rings. The lowest BCUT2D eigenvalue weighted by atomic mass is 10.2. The molecule has 1 aromatic heterocycles. The van der Waals surface area contributed by atoms with Crippen molar-refractivity contribution in [2.45, 2.75) is 15.8 Å². The van der Waals surface area contributed by atoms with Gasteiger partial charge >= 0.3 is 0 Å². The Morgan fingerprint density at radius 2 is 1.91 bits per heavy atom. The highest BCUT2D eigenvalue weighted by atomic mass is 32.2.